The highest BCUT2D eigenvalue weighted by Gasteiger charge is 2.37. The highest BCUT2D eigenvalue weighted by atomic mass is 16.1. The molecule has 104 valence electrons. The van der Waals surface area contributed by atoms with E-state index in [1.807, 2.05) is 31.2 Å². The summed E-state index contributed by atoms with van der Waals surface area (Å²) < 4.78 is 0. The van der Waals surface area contributed by atoms with Crippen molar-refractivity contribution in [2.75, 3.05) is 5.32 Å². The van der Waals surface area contributed by atoms with Gasteiger partial charge in [0.25, 0.3) is 0 Å². The van der Waals surface area contributed by atoms with Crippen molar-refractivity contribution < 1.29 is 9.59 Å². The van der Waals surface area contributed by atoms with Crippen molar-refractivity contribution in [3.05, 3.63) is 65.2 Å². The molecule has 0 amide bonds. The van der Waals surface area contributed by atoms with Gasteiger partial charge in [0.2, 0.25) is 5.78 Å². The van der Waals surface area contributed by atoms with E-state index in [1.54, 1.807) is 24.3 Å². The molecule has 0 unspecified atom stereocenters. The standard InChI is InChI=1S/C17H14N2O2/c1-10-6-2-5-9-13(10)19-15-14(18)16(20)11-7-3-4-8-12(11)17(15)21/h2-9,15,18-19H,1H3/t15-/m1/s1. The zero-order chi connectivity index (χ0) is 15.0. The predicted octanol–water partition coefficient (Wildman–Crippen LogP) is 2.87. The monoisotopic (exact) mass is 278 g/mol. The second kappa shape index (κ2) is 4.98. The van der Waals surface area contributed by atoms with E-state index in [0.29, 0.717) is 11.1 Å². The van der Waals surface area contributed by atoms with E-state index in [0.717, 1.165) is 11.3 Å². The Balaban J connectivity index is 2.01. The van der Waals surface area contributed by atoms with Crippen LogP contribution in [0.4, 0.5) is 5.69 Å². The minimum Gasteiger partial charge on any atom is -0.370 e. The molecule has 0 heterocycles. The zero-order valence-electron chi connectivity index (χ0n) is 11.5. The molecule has 0 aromatic heterocycles. The second-order valence-electron chi connectivity index (χ2n) is 5.04. The van der Waals surface area contributed by atoms with Gasteiger partial charge in [-0.1, -0.05) is 42.5 Å². The van der Waals surface area contributed by atoms with Crippen LogP contribution in [0.5, 0.6) is 0 Å². The van der Waals surface area contributed by atoms with E-state index >= 15 is 0 Å². The number of hydrogen-bond donors (Lipinski definition) is 2. The Morgan fingerprint density at radius 2 is 1.57 bits per heavy atom. The van der Waals surface area contributed by atoms with E-state index < -0.39 is 11.8 Å². The minimum absolute atomic E-state index is 0.207. The van der Waals surface area contributed by atoms with Crippen LogP contribution in [0.25, 0.3) is 0 Å². The Labute approximate surface area is 122 Å². The molecular formula is C17H14N2O2. The Hall–Kier alpha value is -2.75. The van der Waals surface area contributed by atoms with Crippen LogP contribution in [0.15, 0.2) is 48.5 Å². The molecule has 0 radical (unpaired) electrons. The molecule has 0 aliphatic heterocycles. The highest BCUT2D eigenvalue weighted by molar-refractivity contribution is 6.55. The van der Waals surface area contributed by atoms with Crippen LogP contribution in [0.3, 0.4) is 0 Å². The van der Waals surface area contributed by atoms with E-state index in [9.17, 15) is 9.59 Å². The summed E-state index contributed by atoms with van der Waals surface area (Å²) in [5.74, 6) is -0.630. The van der Waals surface area contributed by atoms with Gasteiger partial charge in [0.1, 0.15) is 11.8 Å². The first-order chi connectivity index (χ1) is 10.1. The van der Waals surface area contributed by atoms with Gasteiger partial charge in [-0.25, -0.2) is 0 Å². The SMILES string of the molecule is Cc1ccccc1N[C@@H]1C(=N)C(=O)c2ccccc2C1=O. The third-order valence-electron chi connectivity index (χ3n) is 3.68. The average molecular weight is 278 g/mol. The fourth-order valence-electron chi connectivity index (χ4n) is 2.49. The second-order valence-corrected chi connectivity index (χ2v) is 5.04. The average Bonchev–Trinajstić information content (AvgIpc) is 2.51. The van der Waals surface area contributed by atoms with E-state index in [-0.39, 0.29) is 11.5 Å². The summed E-state index contributed by atoms with van der Waals surface area (Å²) in [5.41, 5.74) is 2.21. The maximum absolute atomic E-state index is 12.5. The quantitative estimate of drug-likeness (QED) is 0.887. The third kappa shape index (κ3) is 2.14. The number of carbonyl (C=O) groups is 2. The maximum atomic E-state index is 12.5. The number of ketones is 2. The van der Waals surface area contributed by atoms with Crippen molar-refractivity contribution >= 4 is 23.0 Å². The molecule has 4 heteroatoms. The number of benzene rings is 2. The molecule has 4 nitrogen and oxygen atoms in total. The van der Waals surface area contributed by atoms with Gasteiger partial charge in [-0.05, 0) is 18.6 Å². The number of carbonyl (C=O) groups excluding carboxylic acids is 2. The molecule has 1 aliphatic rings. The number of hydrogen-bond acceptors (Lipinski definition) is 4. The molecule has 0 spiro atoms. The van der Waals surface area contributed by atoms with Crippen molar-refractivity contribution in [1.82, 2.24) is 0 Å². The Kier molecular flexibility index (Phi) is 3.14. The normalized spacial score (nSPS) is 17.6. The van der Waals surface area contributed by atoms with Gasteiger partial charge < -0.3 is 5.32 Å². The summed E-state index contributed by atoms with van der Waals surface area (Å²) in [4.78, 5) is 24.8. The maximum Gasteiger partial charge on any atom is 0.209 e. The lowest BCUT2D eigenvalue weighted by molar-refractivity contribution is 0.0954. The van der Waals surface area contributed by atoms with E-state index in [2.05, 4.69) is 5.32 Å². The lowest BCUT2D eigenvalue weighted by atomic mass is 9.84. The van der Waals surface area contributed by atoms with Crippen LogP contribution < -0.4 is 5.32 Å². The number of rotatable bonds is 2. The third-order valence-corrected chi connectivity index (χ3v) is 3.68. The molecule has 0 saturated heterocycles. The number of anilines is 1. The predicted molar refractivity (Wildman–Crippen MR) is 81.4 cm³/mol. The zero-order valence-corrected chi connectivity index (χ0v) is 11.5. The first kappa shape index (κ1) is 13.2. The van der Waals surface area contributed by atoms with E-state index in [4.69, 9.17) is 5.41 Å². The van der Waals surface area contributed by atoms with Gasteiger partial charge in [-0.15, -0.1) is 0 Å². The van der Waals surface area contributed by atoms with Crippen LogP contribution >= 0.6 is 0 Å². The fraction of sp³-hybridized carbons (Fsp3) is 0.118. The molecule has 2 aromatic rings. The molecule has 0 saturated carbocycles. The summed E-state index contributed by atoms with van der Waals surface area (Å²) >= 11 is 0. The van der Waals surface area contributed by atoms with E-state index in [1.165, 1.54) is 0 Å². The van der Waals surface area contributed by atoms with Gasteiger partial charge in [0.15, 0.2) is 5.78 Å². The summed E-state index contributed by atoms with van der Waals surface area (Å²) in [6.07, 6.45) is 0. The van der Waals surface area contributed by atoms with Crippen molar-refractivity contribution in [3.63, 3.8) is 0 Å². The Bertz CT molecular complexity index is 765. The van der Waals surface area contributed by atoms with Crippen molar-refractivity contribution in [3.8, 4) is 0 Å². The summed E-state index contributed by atoms with van der Waals surface area (Å²) in [7, 11) is 0. The lowest BCUT2D eigenvalue weighted by Crippen LogP contribution is -2.46. The number of nitrogens with one attached hydrogen (secondary N) is 2. The minimum atomic E-state index is -0.923. The van der Waals surface area contributed by atoms with Crippen LogP contribution in [0.2, 0.25) is 0 Å². The number of para-hydroxylation sites is 1. The molecule has 2 N–H and O–H groups in total. The van der Waals surface area contributed by atoms with Gasteiger partial charge in [0.05, 0.1) is 0 Å². The van der Waals surface area contributed by atoms with Crippen LogP contribution in [0, 0.1) is 12.3 Å². The highest BCUT2D eigenvalue weighted by Crippen LogP contribution is 2.23. The number of fused-ring (bicyclic) bond motifs is 1. The fourth-order valence-corrected chi connectivity index (χ4v) is 2.49. The van der Waals surface area contributed by atoms with Gasteiger partial charge in [0, 0.05) is 16.8 Å². The lowest BCUT2D eigenvalue weighted by Gasteiger charge is -2.25. The molecular weight excluding hydrogens is 264 g/mol. The Morgan fingerprint density at radius 3 is 2.29 bits per heavy atom. The van der Waals surface area contributed by atoms with Crippen LogP contribution in [-0.2, 0) is 0 Å². The topological polar surface area (TPSA) is 70.0 Å². The largest absolute Gasteiger partial charge is 0.370 e. The van der Waals surface area contributed by atoms with Crippen molar-refractivity contribution in [1.29, 1.82) is 5.41 Å². The molecule has 1 atom stereocenters. The van der Waals surface area contributed by atoms with Gasteiger partial charge in [-0.3, -0.25) is 15.0 Å². The van der Waals surface area contributed by atoms with Gasteiger partial charge in [-0.2, -0.15) is 0 Å². The molecule has 21 heavy (non-hydrogen) atoms. The molecule has 0 bridgehead atoms. The number of aryl methyl sites for hydroxylation is 1. The summed E-state index contributed by atoms with van der Waals surface area (Å²) in [5, 5.41) is 11.0. The van der Waals surface area contributed by atoms with Crippen LogP contribution in [0.1, 0.15) is 26.3 Å². The Morgan fingerprint density at radius 1 is 0.952 bits per heavy atom. The summed E-state index contributed by atoms with van der Waals surface area (Å²) in [6, 6.07) is 13.2. The van der Waals surface area contributed by atoms with Crippen molar-refractivity contribution in [2.24, 2.45) is 0 Å². The molecule has 3 rings (SSSR count). The molecule has 2 aromatic carbocycles. The van der Waals surface area contributed by atoms with Gasteiger partial charge >= 0.3 is 0 Å². The number of Topliss-reactive ketones (excluding diaryl/α,β-unsaturated/α-hetero) is 2. The first-order valence-electron chi connectivity index (χ1n) is 6.68. The van der Waals surface area contributed by atoms with Crippen LogP contribution in [-0.4, -0.2) is 23.3 Å². The summed E-state index contributed by atoms with van der Waals surface area (Å²) in [6.45, 7) is 1.91. The first-order valence-corrected chi connectivity index (χ1v) is 6.68. The molecule has 0 fully saturated rings. The smallest absolute Gasteiger partial charge is 0.209 e. The van der Waals surface area contributed by atoms with Crippen molar-refractivity contribution in [2.45, 2.75) is 13.0 Å². The molecule has 1 aliphatic carbocycles.